The molecule has 0 spiro atoms. The maximum atomic E-state index is 11.9. The van der Waals surface area contributed by atoms with Gasteiger partial charge in [-0.2, -0.15) is 0 Å². The zero-order valence-electron chi connectivity index (χ0n) is 12.1. The highest BCUT2D eigenvalue weighted by atomic mass is 16.5. The van der Waals surface area contributed by atoms with Crippen LogP contribution < -0.4 is 0 Å². The van der Waals surface area contributed by atoms with Gasteiger partial charge in [0.2, 0.25) is 0 Å². The molecular formula is C16H16O5. The van der Waals surface area contributed by atoms with E-state index in [9.17, 15) is 9.59 Å². The van der Waals surface area contributed by atoms with E-state index in [1.807, 2.05) is 31.2 Å². The summed E-state index contributed by atoms with van der Waals surface area (Å²) in [5.74, 6) is -1.12. The van der Waals surface area contributed by atoms with Gasteiger partial charge in [0.15, 0.2) is 6.10 Å². The lowest BCUT2D eigenvalue weighted by Gasteiger charge is -2.23. The molecule has 0 bridgehead atoms. The van der Waals surface area contributed by atoms with Crippen molar-refractivity contribution in [2.75, 3.05) is 14.2 Å². The third-order valence-electron chi connectivity index (χ3n) is 3.11. The lowest BCUT2D eigenvalue weighted by molar-refractivity contribution is -0.137. The normalized spacial score (nSPS) is 17.2. The summed E-state index contributed by atoms with van der Waals surface area (Å²) >= 11 is 0. The Labute approximate surface area is 122 Å². The molecule has 5 heteroatoms. The molecule has 0 N–H and O–H groups in total. The maximum Gasteiger partial charge on any atom is 0.341 e. The molecule has 21 heavy (non-hydrogen) atoms. The number of esters is 2. The topological polar surface area (TPSA) is 61.8 Å². The molecule has 0 aromatic heterocycles. The zero-order chi connectivity index (χ0) is 15.4. The molecule has 0 amide bonds. The third kappa shape index (κ3) is 3.13. The van der Waals surface area contributed by atoms with Crippen molar-refractivity contribution in [2.45, 2.75) is 13.0 Å². The number of rotatable bonds is 3. The Kier molecular flexibility index (Phi) is 4.42. The van der Waals surface area contributed by atoms with E-state index in [-0.39, 0.29) is 11.1 Å². The van der Waals surface area contributed by atoms with Gasteiger partial charge in [-0.05, 0) is 18.6 Å². The lowest BCUT2D eigenvalue weighted by atomic mass is 9.96. The predicted octanol–water partition coefficient (Wildman–Crippen LogP) is 2.22. The van der Waals surface area contributed by atoms with Crippen LogP contribution in [0.25, 0.3) is 0 Å². The van der Waals surface area contributed by atoms with Gasteiger partial charge in [-0.3, -0.25) is 0 Å². The van der Waals surface area contributed by atoms with Crippen molar-refractivity contribution < 1.29 is 23.8 Å². The average molecular weight is 288 g/mol. The maximum absolute atomic E-state index is 11.9. The van der Waals surface area contributed by atoms with E-state index in [0.717, 1.165) is 11.1 Å². The molecule has 0 fully saturated rings. The number of methoxy groups -OCH3 is 2. The molecule has 0 radical (unpaired) electrons. The van der Waals surface area contributed by atoms with Gasteiger partial charge in [0.25, 0.3) is 0 Å². The molecule has 0 saturated heterocycles. The first-order valence-electron chi connectivity index (χ1n) is 6.37. The van der Waals surface area contributed by atoms with Gasteiger partial charge in [-0.15, -0.1) is 0 Å². The summed E-state index contributed by atoms with van der Waals surface area (Å²) < 4.78 is 15.0. The van der Waals surface area contributed by atoms with Crippen molar-refractivity contribution in [3.05, 3.63) is 58.9 Å². The summed E-state index contributed by atoms with van der Waals surface area (Å²) in [5, 5.41) is 0. The monoisotopic (exact) mass is 288 g/mol. The molecular weight excluding hydrogens is 272 g/mol. The van der Waals surface area contributed by atoms with Gasteiger partial charge in [0.1, 0.15) is 0 Å². The number of aryl methyl sites for hydroxylation is 1. The van der Waals surface area contributed by atoms with E-state index in [1.54, 1.807) is 0 Å². The second-order valence-corrected chi connectivity index (χ2v) is 4.59. The summed E-state index contributed by atoms with van der Waals surface area (Å²) in [4.78, 5) is 23.5. The molecule has 1 aromatic rings. The van der Waals surface area contributed by atoms with E-state index in [1.165, 1.54) is 26.6 Å². The largest absolute Gasteiger partial charge is 0.487 e. The fourth-order valence-corrected chi connectivity index (χ4v) is 2.09. The third-order valence-corrected chi connectivity index (χ3v) is 3.11. The van der Waals surface area contributed by atoms with Crippen LogP contribution in [0.5, 0.6) is 0 Å². The Hall–Kier alpha value is -2.56. The van der Waals surface area contributed by atoms with E-state index in [4.69, 9.17) is 9.47 Å². The predicted molar refractivity (Wildman–Crippen MR) is 75.2 cm³/mol. The Bertz CT molecular complexity index is 627. The van der Waals surface area contributed by atoms with E-state index >= 15 is 0 Å². The Morgan fingerprint density at radius 2 is 1.86 bits per heavy atom. The molecule has 5 nitrogen and oxygen atoms in total. The standard InChI is InChI=1S/C16H16O5/c1-10-5-4-6-11(7-10)14-13(16(18)20-3)8-12(9-21-14)15(17)19-2/h4-9,14H,1-3H3. The highest BCUT2D eigenvalue weighted by Gasteiger charge is 2.29. The first kappa shape index (κ1) is 14.8. The van der Waals surface area contributed by atoms with Gasteiger partial charge < -0.3 is 14.2 Å². The molecule has 0 aliphatic carbocycles. The van der Waals surface area contributed by atoms with Gasteiger partial charge in [0, 0.05) is 0 Å². The molecule has 110 valence electrons. The van der Waals surface area contributed by atoms with Gasteiger partial charge in [-0.1, -0.05) is 29.8 Å². The molecule has 1 aliphatic heterocycles. The van der Waals surface area contributed by atoms with E-state index in [0.29, 0.717) is 0 Å². The number of hydrogen-bond donors (Lipinski definition) is 0. The first-order chi connectivity index (χ1) is 10.1. The molecule has 1 atom stereocenters. The molecule has 1 aliphatic rings. The van der Waals surface area contributed by atoms with Crippen molar-refractivity contribution in [1.29, 1.82) is 0 Å². The Balaban J connectivity index is 2.40. The highest BCUT2D eigenvalue weighted by molar-refractivity contribution is 5.97. The SMILES string of the molecule is COC(=O)C1=COC(c2cccc(C)c2)C(C(=O)OC)=C1. The van der Waals surface area contributed by atoms with Crippen molar-refractivity contribution in [1.82, 2.24) is 0 Å². The number of carbonyl (C=O) groups excluding carboxylic acids is 2. The summed E-state index contributed by atoms with van der Waals surface area (Å²) in [6.07, 6.45) is 2.13. The van der Waals surface area contributed by atoms with Crippen LogP contribution in [-0.4, -0.2) is 26.2 Å². The summed E-state index contributed by atoms with van der Waals surface area (Å²) in [7, 11) is 2.55. The fourth-order valence-electron chi connectivity index (χ4n) is 2.09. The Morgan fingerprint density at radius 3 is 2.48 bits per heavy atom. The summed E-state index contributed by atoms with van der Waals surface area (Å²) in [6.45, 7) is 1.95. The quantitative estimate of drug-likeness (QED) is 0.798. The molecule has 1 aromatic carbocycles. The Morgan fingerprint density at radius 1 is 1.14 bits per heavy atom. The van der Waals surface area contributed by atoms with Crippen LogP contribution in [-0.2, 0) is 23.8 Å². The van der Waals surface area contributed by atoms with Gasteiger partial charge in [0.05, 0.1) is 31.6 Å². The van der Waals surface area contributed by atoms with Crippen molar-refractivity contribution >= 4 is 11.9 Å². The fraction of sp³-hybridized carbons (Fsp3) is 0.250. The molecule has 0 saturated carbocycles. The number of benzene rings is 1. The summed E-state index contributed by atoms with van der Waals surface area (Å²) in [5.41, 5.74) is 2.28. The van der Waals surface area contributed by atoms with E-state index < -0.39 is 18.0 Å². The number of ether oxygens (including phenoxy) is 3. The van der Waals surface area contributed by atoms with Crippen LogP contribution in [0.15, 0.2) is 47.7 Å². The van der Waals surface area contributed by atoms with Crippen LogP contribution in [0.4, 0.5) is 0 Å². The van der Waals surface area contributed by atoms with Crippen molar-refractivity contribution in [2.24, 2.45) is 0 Å². The highest BCUT2D eigenvalue weighted by Crippen LogP contribution is 2.32. The van der Waals surface area contributed by atoms with Crippen LogP contribution >= 0.6 is 0 Å². The van der Waals surface area contributed by atoms with Crippen molar-refractivity contribution in [3.8, 4) is 0 Å². The van der Waals surface area contributed by atoms with Crippen LogP contribution in [0.2, 0.25) is 0 Å². The zero-order valence-corrected chi connectivity index (χ0v) is 12.1. The minimum atomic E-state index is -0.606. The van der Waals surface area contributed by atoms with Gasteiger partial charge >= 0.3 is 11.9 Å². The number of carbonyl (C=O) groups is 2. The molecule has 1 unspecified atom stereocenters. The second-order valence-electron chi connectivity index (χ2n) is 4.59. The van der Waals surface area contributed by atoms with Crippen molar-refractivity contribution in [3.63, 3.8) is 0 Å². The minimum Gasteiger partial charge on any atom is -0.487 e. The molecule has 1 heterocycles. The minimum absolute atomic E-state index is 0.168. The van der Waals surface area contributed by atoms with Crippen LogP contribution in [0.3, 0.4) is 0 Å². The first-order valence-corrected chi connectivity index (χ1v) is 6.37. The lowest BCUT2D eigenvalue weighted by Crippen LogP contribution is -2.20. The summed E-state index contributed by atoms with van der Waals surface area (Å²) in [6, 6.07) is 7.59. The van der Waals surface area contributed by atoms with Crippen LogP contribution in [0, 0.1) is 6.92 Å². The average Bonchev–Trinajstić information content (AvgIpc) is 2.52. The number of hydrogen-bond acceptors (Lipinski definition) is 5. The van der Waals surface area contributed by atoms with Gasteiger partial charge in [-0.25, -0.2) is 9.59 Å². The smallest absolute Gasteiger partial charge is 0.341 e. The molecule has 2 rings (SSSR count). The van der Waals surface area contributed by atoms with Crippen LogP contribution in [0.1, 0.15) is 17.2 Å². The van der Waals surface area contributed by atoms with E-state index in [2.05, 4.69) is 4.74 Å². The second kappa shape index (κ2) is 6.26.